The number of ether oxygens (including phenoxy) is 2. The molecular weight excluding hydrogens is 566 g/mol. The van der Waals surface area contributed by atoms with E-state index in [2.05, 4.69) is 40.6 Å². The van der Waals surface area contributed by atoms with E-state index >= 15 is 0 Å². The number of halogens is 3. The zero-order chi connectivity index (χ0) is 28.9. The maximum atomic E-state index is 13.1. The summed E-state index contributed by atoms with van der Waals surface area (Å²) in [7, 11) is 0. The van der Waals surface area contributed by atoms with Gasteiger partial charge in [-0.2, -0.15) is 8.78 Å². The Bertz CT molecular complexity index is 1460. The van der Waals surface area contributed by atoms with Crippen molar-refractivity contribution in [3.8, 4) is 22.8 Å². The van der Waals surface area contributed by atoms with E-state index in [0.717, 1.165) is 5.56 Å². The Morgan fingerprint density at radius 2 is 1.95 bits per heavy atom. The Morgan fingerprint density at radius 1 is 1.20 bits per heavy atom. The van der Waals surface area contributed by atoms with Gasteiger partial charge in [0.2, 0.25) is 5.95 Å². The Kier molecular flexibility index (Phi) is 8.37. The van der Waals surface area contributed by atoms with Gasteiger partial charge in [-0.1, -0.05) is 17.7 Å². The van der Waals surface area contributed by atoms with Crippen molar-refractivity contribution in [2.45, 2.75) is 45.1 Å². The number of anilines is 2. The van der Waals surface area contributed by atoms with Crippen LogP contribution in [0.25, 0.3) is 11.1 Å². The van der Waals surface area contributed by atoms with Crippen LogP contribution in [0.2, 0.25) is 5.02 Å². The van der Waals surface area contributed by atoms with Gasteiger partial charge >= 0.3 is 12.7 Å². The third-order valence-corrected chi connectivity index (χ3v) is 6.65. The molecule has 4 heterocycles. The molecular formula is C24H25ClF2N10O4. The van der Waals surface area contributed by atoms with Gasteiger partial charge in [0.05, 0.1) is 23.8 Å². The van der Waals surface area contributed by atoms with Crippen LogP contribution in [0, 0.1) is 0 Å². The van der Waals surface area contributed by atoms with E-state index in [-0.39, 0.29) is 29.7 Å². The Morgan fingerprint density at radius 3 is 2.61 bits per heavy atom. The standard InChI is InChI=1S/C24H25ClF2N10O4/c1-14(11-36-13-30-33-34-36)40-20-8-15(2-3-18(20)25)16-9-28-23(29-10-16)31-19-12-37(32-21(19)41-22(26)27)17-4-6-35(7-5-17)24(38)39/h2-3,8-10,12-14,17,22H,4-7,11H2,1H3,(H,38,39)(H,28,29,31)/t14-/m0/s1. The van der Waals surface area contributed by atoms with Gasteiger partial charge in [-0.25, -0.2) is 19.4 Å². The van der Waals surface area contributed by atoms with E-state index in [4.69, 9.17) is 21.4 Å². The van der Waals surface area contributed by atoms with Crippen LogP contribution in [0.1, 0.15) is 25.8 Å². The molecule has 14 nitrogen and oxygen atoms in total. The Labute approximate surface area is 236 Å². The van der Waals surface area contributed by atoms with Crippen molar-refractivity contribution in [1.82, 2.24) is 44.9 Å². The fourth-order valence-electron chi connectivity index (χ4n) is 4.36. The molecule has 216 valence electrons. The fourth-order valence-corrected chi connectivity index (χ4v) is 4.52. The lowest BCUT2D eigenvalue weighted by Crippen LogP contribution is -2.38. The number of alkyl halides is 2. The third kappa shape index (κ3) is 6.95. The number of benzene rings is 1. The second kappa shape index (κ2) is 12.3. The SMILES string of the molecule is C[C@@H](Cn1cnnn1)Oc1cc(-c2cnc(Nc3cn(C4CCN(C(=O)O)CC4)nc3OC(F)F)nc2)ccc1Cl. The van der Waals surface area contributed by atoms with E-state index < -0.39 is 12.7 Å². The molecule has 1 fully saturated rings. The lowest BCUT2D eigenvalue weighted by Gasteiger charge is -2.29. The lowest BCUT2D eigenvalue weighted by atomic mass is 10.1. The largest absolute Gasteiger partial charge is 0.487 e. The Hall–Kier alpha value is -4.60. The number of rotatable bonds is 10. The van der Waals surface area contributed by atoms with Gasteiger partial charge in [0.1, 0.15) is 23.9 Å². The highest BCUT2D eigenvalue weighted by molar-refractivity contribution is 6.32. The lowest BCUT2D eigenvalue weighted by molar-refractivity contribution is -0.0529. The molecule has 1 aromatic carbocycles. The quantitative estimate of drug-likeness (QED) is 0.274. The molecule has 17 heteroatoms. The normalized spacial score (nSPS) is 14.7. The fraction of sp³-hybridized carbons (Fsp3) is 0.375. The van der Waals surface area contributed by atoms with Gasteiger partial charge in [-0.15, -0.1) is 10.2 Å². The highest BCUT2D eigenvalue weighted by Crippen LogP contribution is 2.33. The maximum absolute atomic E-state index is 13.1. The average molecular weight is 591 g/mol. The third-order valence-electron chi connectivity index (χ3n) is 6.33. The molecule has 2 N–H and O–H groups in total. The van der Waals surface area contributed by atoms with Crippen molar-refractivity contribution < 1.29 is 28.2 Å². The summed E-state index contributed by atoms with van der Waals surface area (Å²) in [4.78, 5) is 21.1. The minimum atomic E-state index is -3.09. The first-order chi connectivity index (χ1) is 19.7. The number of piperidine rings is 1. The molecule has 1 saturated heterocycles. The number of nitrogens with one attached hydrogen (secondary N) is 1. The molecule has 1 aliphatic rings. The van der Waals surface area contributed by atoms with Crippen molar-refractivity contribution >= 4 is 29.3 Å². The summed E-state index contributed by atoms with van der Waals surface area (Å²) < 4.78 is 39.8. The molecule has 1 atom stereocenters. The number of carbonyl (C=O) groups is 1. The minimum Gasteiger partial charge on any atom is -0.487 e. The van der Waals surface area contributed by atoms with E-state index in [9.17, 15) is 13.6 Å². The maximum Gasteiger partial charge on any atom is 0.407 e. The first-order valence-corrected chi connectivity index (χ1v) is 12.9. The second-order valence-electron chi connectivity index (χ2n) is 9.23. The predicted octanol–water partition coefficient (Wildman–Crippen LogP) is 4.11. The smallest absolute Gasteiger partial charge is 0.407 e. The number of amides is 1. The van der Waals surface area contributed by atoms with Crippen LogP contribution in [-0.4, -0.2) is 81.9 Å². The number of carboxylic acid groups (broad SMARTS) is 1. The van der Waals surface area contributed by atoms with Gasteiger partial charge in [0, 0.05) is 31.0 Å². The van der Waals surface area contributed by atoms with Crippen molar-refractivity contribution in [2.24, 2.45) is 0 Å². The van der Waals surface area contributed by atoms with Crippen molar-refractivity contribution in [3.63, 3.8) is 0 Å². The van der Waals surface area contributed by atoms with E-state index in [1.165, 1.54) is 22.1 Å². The van der Waals surface area contributed by atoms with E-state index in [1.807, 2.05) is 6.92 Å². The summed E-state index contributed by atoms with van der Waals surface area (Å²) >= 11 is 6.34. The molecule has 0 bridgehead atoms. The monoisotopic (exact) mass is 590 g/mol. The first-order valence-electron chi connectivity index (χ1n) is 12.5. The number of aromatic nitrogens is 8. The van der Waals surface area contributed by atoms with Gasteiger partial charge in [0.15, 0.2) is 0 Å². The Balaban J connectivity index is 1.28. The molecule has 3 aromatic heterocycles. The highest BCUT2D eigenvalue weighted by atomic mass is 35.5. The summed E-state index contributed by atoms with van der Waals surface area (Å²) in [6.45, 7) is -0.178. The van der Waals surface area contributed by atoms with Crippen LogP contribution in [0.15, 0.2) is 43.1 Å². The molecule has 0 radical (unpaired) electrons. The molecule has 0 unspecified atom stereocenters. The molecule has 4 aromatic rings. The molecule has 5 rings (SSSR count). The van der Waals surface area contributed by atoms with Gasteiger partial charge in [0.25, 0.3) is 5.88 Å². The number of nitrogens with zero attached hydrogens (tertiary/aromatic N) is 9. The minimum absolute atomic E-state index is 0.133. The summed E-state index contributed by atoms with van der Waals surface area (Å²) in [5.74, 6) is 0.277. The summed E-state index contributed by atoms with van der Waals surface area (Å²) in [6.07, 6.45) is 5.83. The summed E-state index contributed by atoms with van der Waals surface area (Å²) in [6, 6.07) is 5.08. The van der Waals surface area contributed by atoms with Crippen LogP contribution in [0.3, 0.4) is 0 Å². The van der Waals surface area contributed by atoms with Crippen LogP contribution < -0.4 is 14.8 Å². The van der Waals surface area contributed by atoms with Gasteiger partial charge in [-0.3, -0.25) is 4.68 Å². The topological polar surface area (TPSA) is 158 Å². The average Bonchev–Trinajstić information content (AvgIpc) is 3.60. The zero-order valence-electron chi connectivity index (χ0n) is 21.6. The summed E-state index contributed by atoms with van der Waals surface area (Å²) in [5.41, 5.74) is 1.56. The van der Waals surface area contributed by atoms with E-state index in [0.29, 0.717) is 48.8 Å². The molecule has 0 aliphatic carbocycles. The van der Waals surface area contributed by atoms with E-state index in [1.54, 1.807) is 35.3 Å². The highest BCUT2D eigenvalue weighted by Gasteiger charge is 2.26. The number of likely N-dealkylation sites (tertiary alicyclic amines) is 1. The van der Waals surface area contributed by atoms with Crippen LogP contribution in [0.5, 0.6) is 11.6 Å². The number of tetrazole rings is 1. The van der Waals surface area contributed by atoms with Crippen LogP contribution in [-0.2, 0) is 6.54 Å². The van der Waals surface area contributed by atoms with Crippen molar-refractivity contribution in [3.05, 3.63) is 48.1 Å². The zero-order valence-corrected chi connectivity index (χ0v) is 22.4. The second-order valence-corrected chi connectivity index (χ2v) is 9.64. The molecule has 0 saturated carbocycles. The molecule has 1 amide bonds. The van der Waals surface area contributed by atoms with Crippen molar-refractivity contribution in [1.29, 1.82) is 0 Å². The van der Waals surface area contributed by atoms with Gasteiger partial charge in [-0.05, 0) is 47.9 Å². The summed E-state index contributed by atoms with van der Waals surface area (Å²) in [5, 5.41) is 27.7. The van der Waals surface area contributed by atoms with Crippen LogP contribution in [0.4, 0.5) is 25.2 Å². The van der Waals surface area contributed by atoms with Crippen molar-refractivity contribution in [2.75, 3.05) is 18.4 Å². The van der Waals surface area contributed by atoms with Crippen LogP contribution >= 0.6 is 11.6 Å². The molecule has 41 heavy (non-hydrogen) atoms. The number of hydrogen-bond donors (Lipinski definition) is 2. The molecule has 0 spiro atoms. The number of hydrogen-bond acceptors (Lipinski definition) is 10. The first kappa shape index (κ1) is 27.9. The predicted molar refractivity (Wildman–Crippen MR) is 140 cm³/mol. The van der Waals surface area contributed by atoms with Gasteiger partial charge < -0.3 is 24.8 Å². The molecule has 1 aliphatic heterocycles.